The molecule has 0 N–H and O–H groups in total. The van der Waals surface area contributed by atoms with Crippen molar-refractivity contribution in [3.05, 3.63) is 29.8 Å². The van der Waals surface area contributed by atoms with E-state index < -0.39 is 8.32 Å². The fourth-order valence-corrected chi connectivity index (χ4v) is 3.28. The number of ether oxygens (including phenoxy) is 2. The van der Waals surface area contributed by atoms with Gasteiger partial charge in [-0.2, -0.15) is 0 Å². The van der Waals surface area contributed by atoms with Gasteiger partial charge in [-0.3, -0.25) is 0 Å². The molecule has 4 heteroatoms. The molecule has 0 heterocycles. The van der Waals surface area contributed by atoms with Gasteiger partial charge in [-0.15, -0.1) is 0 Å². The van der Waals surface area contributed by atoms with E-state index in [1.807, 2.05) is 12.1 Å². The van der Waals surface area contributed by atoms with Gasteiger partial charge in [-0.1, -0.05) is 39.8 Å². The molecule has 1 atom stereocenters. The summed E-state index contributed by atoms with van der Waals surface area (Å²) in [5, 5.41) is 0.280. The summed E-state index contributed by atoms with van der Waals surface area (Å²) in [4.78, 5) is 0. The Kier molecular flexibility index (Phi) is 8.47. The molecule has 0 unspecified atom stereocenters. The second-order valence-electron chi connectivity index (χ2n) is 7.94. The van der Waals surface area contributed by atoms with Crippen LogP contribution in [0.15, 0.2) is 24.3 Å². The molecule has 3 nitrogen and oxygen atoms in total. The van der Waals surface area contributed by atoms with Crippen molar-refractivity contribution < 1.29 is 13.9 Å². The lowest BCUT2D eigenvalue weighted by Crippen LogP contribution is -2.41. The smallest absolute Gasteiger partial charge is 0.191 e. The Morgan fingerprint density at radius 2 is 1.71 bits per heavy atom. The van der Waals surface area contributed by atoms with Crippen molar-refractivity contribution in [3.63, 3.8) is 0 Å². The van der Waals surface area contributed by atoms with E-state index in [9.17, 15) is 0 Å². The SMILES string of the molecule is CC[C@H](CCCO[Si](C)(C)C(C)(C)C)OCc1ccc(OC)cc1. The molecule has 1 aromatic rings. The second kappa shape index (κ2) is 9.59. The first kappa shape index (κ1) is 21.2. The zero-order valence-electron chi connectivity index (χ0n) is 16.6. The van der Waals surface area contributed by atoms with Crippen LogP contribution < -0.4 is 4.74 Å². The molecular weight excluding hydrogens is 316 g/mol. The van der Waals surface area contributed by atoms with Crippen molar-refractivity contribution in [1.29, 1.82) is 0 Å². The summed E-state index contributed by atoms with van der Waals surface area (Å²) in [6.07, 6.45) is 3.46. The molecule has 0 aliphatic carbocycles. The molecule has 0 amide bonds. The maximum absolute atomic E-state index is 6.25. The fourth-order valence-electron chi connectivity index (χ4n) is 2.20. The lowest BCUT2D eigenvalue weighted by atomic mass is 10.1. The molecule has 0 saturated heterocycles. The van der Waals surface area contributed by atoms with Gasteiger partial charge in [0, 0.05) is 6.61 Å². The highest BCUT2D eigenvalue weighted by molar-refractivity contribution is 6.74. The van der Waals surface area contributed by atoms with Gasteiger partial charge < -0.3 is 13.9 Å². The van der Waals surface area contributed by atoms with Crippen LogP contribution in [0.1, 0.15) is 52.5 Å². The number of benzene rings is 1. The predicted octanol–water partition coefficient (Wildman–Crippen LogP) is 5.79. The zero-order chi connectivity index (χ0) is 18.2. The highest BCUT2D eigenvalue weighted by Gasteiger charge is 2.36. The first-order chi connectivity index (χ1) is 11.2. The van der Waals surface area contributed by atoms with Crippen LogP contribution in [0.25, 0.3) is 0 Å². The molecule has 1 aromatic carbocycles. The van der Waals surface area contributed by atoms with Crippen LogP contribution in [0.4, 0.5) is 0 Å². The predicted molar refractivity (Wildman–Crippen MR) is 104 cm³/mol. The Balaban J connectivity index is 2.32. The van der Waals surface area contributed by atoms with Crippen molar-refractivity contribution in [2.75, 3.05) is 13.7 Å². The molecule has 0 spiro atoms. The minimum atomic E-state index is -1.62. The van der Waals surface area contributed by atoms with Crippen LogP contribution in [0.2, 0.25) is 18.1 Å². The lowest BCUT2D eigenvalue weighted by molar-refractivity contribution is 0.0287. The van der Waals surface area contributed by atoms with Crippen LogP contribution in [0.5, 0.6) is 5.75 Å². The monoisotopic (exact) mass is 352 g/mol. The molecule has 0 bridgehead atoms. The number of hydrogen-bond acceptors (Lipinski definition) is 3. The standard InChI is InChI=1S/C20H36O3Si/c1-8-18(10-9-15-23-24(6,7)20(2,3)4)22-16-17-11-13-19(21-5)14-12-17/h11-14,18H,8-10,15-16H2,1-7H3/t18-/m1/s1. The van der Waals surface area contributed by atoms with Gasteiger partial charge in [0.05, 0.1) is 19.8 Å². The molecular formula is C20H36O3Si. The molecule has 0 aromatic heterocycles. The van der Waals surface area contributed by atoms with E-state index in [0.29, 0.717) is 12.7 Å². The van der Waals surface area contributed by atoms with Crippen LogP contribution in [-0.2, 0) is 15.8 Å². The third-order valence-corrected chi connectivity index (χ3v) is 9.58. The summed E-state index contributed by atoms with van der Waals surface area (Å²) in [6.45, 7) is 15.2. The summed E-state index contributed by atoms with van der Waals surface area (Å²) >= 11 is 0. The van der Waals surface area contributed by atoms with Gasteiger partial charge in [0.2, 0.25) is 0 Å². The van der Waals surface area contributed by atoms with Crippen LogP contribution in [0.3, 0.4) is 0 Å². The third kappa shape index (κ3) is 6.95. The summed E-state index contributed by atoms with van der Waals surface area (Å²) < 4.78 is 17.5. The minimum Gasteiger partial charge on any atom is -0.497 e. The Morgan fingerprint density at radius 3 is 2.21 bits per heavy atom. The van der Waals surface area contributed by atoms with Crippen molar-refractivity contribution in [2.45, 2.75) is 77.8 Å². The number of methoxy groups -OCH3 is 1. The van der Waals surface area contributed by atoms with E-state index in [1.165, 1.54) is 5.56 Å². The van der Waals surface area contributed by atoms with Crippen molar-refractivity contribution in [1.82, 2.24) is 0 Å². The summed E-state index contributed by atoms with van der Waals surface area (Å²) in [7, 11) is 0.0650. The van der Waals surface area contributed by atoms with Gasteiger partial charge in [-0.05, 0) is 55.1 Å². The topological polar surface area (TPSA) is 27.7 Å². The molecule has 0 aliphatic rings. The minimum absolute atomic E-state index is 0.280. The zero-order valence-corrected chi connectivity index (χ0v) is 17.6. The summed E-state index contributed by atoms with van der Waals surface area (Å²) in [5.41, 5.74) is 1.19. The molecule has 24 heavy (non-hydrogen) atoms. The fraction of sp³-hybridized carbons (Fsp3) is 0.700. The van der Waals surface area contributed by atoms with E-state index in [2.05, 4.69) is 52.9 Å². The molecule has 0 saturated carbocycles. The maximum Gasteiger partial charge on any atom is 0.191 e. The van der Waals surface area contributed by atoms with Crippen molar-refractivity contribution in [2.24, 2.45) is 0 Å². The Labute approximate surface area is 149 Å². The average Bonchev–Trinajstić information content (AvgIpc) is 2.53. The van der Waals surface area contributed by atoms with Crippen molar-refractivity contribution in [3.8, 4) is 5.75 Å². The quantitative estimate of drug-likeness (QED) is 0.394. The second-order valence-corrected chi connectivity index (χ2v) is 12.7. The van der Waals surface area contributed by atoms with Crippen LogP contribution in [-0.4, -0.2) is 28.1 Å². The Hall–Kier alpha value is -0.843. The molecule has 0 fully saturated rings. The Morgan fingerprint density at radius 1 is 1.08 bits per heavy atom. The average molecular weight is 353 g/mol. The van der Waals surface area contributed by atoms with Gasteiger partial charge in [0.25, 0.3) is 0 Å². The van der Waals surface area contributed by atoms with Gasteiger partial charge in [-0.25, -0.2) is 0 Å². The van der Waals surface area contributed by atoms with Gasteiger partial charge >= 0.3 is 0 Å². The van der Waals surface area contributed by atoms with E-state index >= 15 is 0 Å². The van der Waals surface area contributed by atoms with E-state index in [4.69, 9.17) is 13.9 Å². The highest BCUT2D eigenvalue weighted by Crippen LogP contribution is 2.36. The van der Waals surface area contributed by atoms with Crippen LogP contribution in [0, 0.1) is 0 Å². The Bertz CT molecular complexity index is 463. The number of rotatable bonds is 10. The summed E-state index contributed by atoms with van der Waals surface area (Å²) in [6, 6.07) is 8.08. The van der Waals surface area contributed by atoms with Crippen molar-refractivity contribution >= 4 is 8.32 Å². The maximum atomic E-state index is 6.25. The lowest BCUT2D eigenvalue weighted by Gasteiger charge is -2.36. The van der Waals surface area contributed by atoms with Gasteiger partial charge in [0.15, 0.2) is 8.32 Å². The summed E-state index contributed by atoms with van der Waals surface area (Å²) in [5.74, 6) is 0.883. The molecule has 0 radical (unpaired) electrons. The highest BCUT2D eigenvalue weighted by atomic mass is 28.4. The molecule has 138 valence electrons. The normalized spacial score (nSPS) is 13.8. The van der Waals surface area contributed by atoms with Gasteiger partial charge in [0.1, 0.15) is 5.75 Å². The van der Waals surface area contributed by atoms with Crippen LogP contribution >= 0.6 is 0 Å². The molecule has 1 rings (SSSR count). The molecule has 0 aliphatic heterocycles. The third-order valence-electron chi connectivity index (χ3n) is 5.04. The number of hydrogen-bond donors (Lipinski definition) is 0. The van der Waals surface area contributed by atoms with E-state index in [-0.39, 0.29) is 5.04 Å². The first-order valence-corrected chi connectivity index (χ1v) is 12.0. The largest absolute Gasteiger partial charge is 0.497 e. The first-order valence-electron chi connectivity index (χ1n) is 9.08. The van der Waals surface area contributed by atoms with E-state index in [1.54, 1.807) is 7.11 Å². The van der Waals surface area contributed by atoms with E-state index in [0.717, 1.165) is 31.6 Å².